The van der Waals surface area contributed by atoms with Gasteiger partial charge in [-0.3, -0.25) is 19.6 Å². The molecular weight excluding hydrogens is 450 g/mol. The van der Waals surface area contributed by atoms with Gasteiger partial charge >= 0.3 is 6.03 Å². The number of pyridine rings is 1. The van der Waals surface area contributed by atoms with Crippen LogP contribution in [0.3, 0.4) is 0 Å². The van der Waals surface area contributed by atoms with E-state index < -0.39 is 23.4 Å². The van der Waals surface area contributed by atoms with Crippen molar-refractivity contribution >= 4 is 23.3 Å². The van der Waals surface area contributed by atoms with E-state index in [0.29, 0.717) is 36.7 Å². The number of hydrogen-bond acceptors (Lipinski definition) is 6. The number of urea groups is 1. The number of ether oxygens (including phenoxy) is 3. The van der Waals surface area contributed by atoms with Crippen LogP contribution in [0.5, 0.6) is 11.5 Å². The average molecular weight is 476 g/mol. The summed E-state index contributed by atoms with van der Waals surface area (Å²) in [6.45, 7) is 2.86. The molecule has 11 heteroatoms. The van der Waals surface area contributed by atoms with Crippen LogP contribution < -0.4 is 24.6 Å². The van der Waals surface area contributed by atoms with Crippen molar-refractivity contribution in [1.29, 1.82) is 0 Å². The van der Waals surface area contributed by atoms with Gasteiger partial charge in [-0.2, -0.15) is 0 Å². The quantitative estimate of drug-likeness (QED) is 0.661. The Labute approximate surface area is 195 Å². The maximum atomic E-state index is 15.2. The highest BCUT2D eigenvalue weighted by molar-refractivity contribution is 6.06. The zero-order valence-electron chi connectivity index (χ0n) is 19.2. The van der Waals surface area contributed by atoms with Gasteiger partial charge in [-0.25, -0.2) is 13.6 Å². The SMILES string of the molecule is COc1cc(OC)c(F)c(N2Cc3cnc(CNC(C)=O)cc3N(C[C@@H]3CCOC3)C2=O)c1F. The molecule has 1 aromatic carbocycles. The van der Waals surface area contributed by atoms with Gasteiger partial charge in [0.05, 0.1) is 45.3 Å². The molecule has 1 aromatic heterocycles. The second kappa shape index (κ2) is 9.80. The first-order chi connectivity index (χ1) is 16.3. The van der Waals surface area contributed by atoms with Gasteiger partial charge in [0.2, 0.25) is 5.91 Å². The summed E-state index contributed by atoms with van der Waals surface area (Å²) < 4.78 is 46.0. The van der Waals surface area contributed by atoms with Crippen LogP contribution in [0, 0.1) is 17.6 Å². The van der Waals surface area contributed by atoms with E-state index in [0.717, 1.165) is 17.4 Å². The summed E-state index contributed by atoms with van der Waals surface area (Å²) in [6, 6.07) is 2.22. The van der Waals surface area contributed by atoms with Gasteiger partial charge in [0.15, 0.2) is 23.1 Å². The van der Waals surface area contributed by atoms with Crippen molar-refractivity contribution in [1.82, 2.24) is 10.3 Å². The number of halogens is 2. The standard InChI is InChI=1S/C23H26F2N4O5/c1-13(30)26-9-16-6-17-15(8-27-16)11-29(23(31)28(17)10-14-4-5-34-12-14)22-20(24)18(32-2)7-19(33-3)21(22)25/h6-8,14H,4-5,9-12H2,1-3H3,(H,26,30)/t14-/m0/s1. The number of aromatic nitrogens is 1. The number of benzene rings is 1. The molecule has 0 bridgehead atoms. The molecule has 4 rings (SSSR count). The summed E-state index contributed by atoms with van der Waals surface area (Å²) >= 11 is 0. The topological polar surface area (TPSA) is 93.2 Å². The normalized spacial score (nSPS) is 17.6. The van der Waals surface area contributed by atoms with Crippen LogP contribution in [0.1, 0.15) is 24.6 Å². The number of carbonyl (C=O) groups excluding carboxylic acids is 2. The molecule has 9 nitrogen and oxygen atoms in total. The molecule has 0 unspecified atom stereocenters. The molecule has 2 aliphatic heterocycles. The van der Waals surface area contributed by atoms with E-state index in [1.807, 2.05) is 0 Å². The van der Waals surface area contributed by atoms with E-state index in [-0.39, 0.29) is 36.4 Å². The predicted molar refractivity (Wildman–Crippen MR) is 119 cm³/mol. The molecule has 0 aliphatic carbocycles. The van der Waals surface area contributed by atoms with E-state index >= 15 is 8.78 Å². The lowest BCUT2D eigenvalue weighted by atomic mass is 10.0. The number of nitrogens with one attached hydrogen (secondary N) is 1. The average Bonchev–Trinajstić information content (AvgIpc) is 3.33. The summed E-state index contributed by atoms with van der Waals surface area (Å²) in [4.78, 5) is 31.8. The lowest BCUT2D eigenvalue weighted by molar-refractivity contribution is -0.119. The molecule has 3 heterocycles. The highest BCUT2D eigenvalue weighted by Gasteiger charge is 2.38. The van der Waals surface area contributed by atoms with Crippen LogP contribution in [0.15, 0.2) is 18.3 Å². The Bertz CT molecular complexity index is 1080. The first-order valence-corrected chi connectivity index (χ1v) is 10.8. The molecule has 1 saturated heterocycles. The molecule has 0 saturated carbocycles. The molecule has 0 spiro atoms. The van der Waals surface area contributed by atoms with Gasteiger partial charge in [-0.05, 0) is 12.5 Å². The number of hydrogen-bond donors (Lipinski definition) is 1. The molecule has 1 fully saturated rings. The first kappa shape index (κ1) is 23.7. The third kappa shape index (κ3) is 4.47. The highest BCUT2D eigenvalue weighted by atomic mass is 19.1. The van der Waals surface area contributed by atoms with Crippen molar-refractivity contribution in [2.24, 2.45) is 5.92 Å². The molecular formula is C23H26F2N4O5. The Morgan fingerprint density at radius 1 is 1.24 bits per heavy atom. The Balaban J connectivity index is 1.78. The van der Waals surface area contributed by atoms with Crippen molar-refractivity contribution in [3.8, 4) is 11.5 Å². The van der Waals surface area contributed by atoms with Crippen LogP contribution in [0.25, 0.3) is 0 Å². The number of methoxy groups -OCH3 is 2. The van der Waals surface area contributed by atoms with Crippen LogP contribution in [0.4, 0.5) is 25.0 Å². The van der Waals surface area contributed by atoms with E-state index in [4.69, 9.17) is 14.2 Å². The second-order valence-corrected chi connectivity index (χ2v) is 8.18. The third-order valence-corrected chi connectivity index (χ3v) is 5.90. The molecule has 2 aromatic rings. The Kier molecular flexibility index (Phi) is 6.82. The van der Waals surface area contributed by atoms with E-state index in [1.54, 1.807) is 12.3 Å². The van der Waals surface area contributed by atoms with Crippen LogP contribution in [-0.2, 0) is 22.6 Å². The minimum absolute atomic E-state index is 0.0678. The van der Waals surface area contributed by atoms with Crippen LogP contribution >= 0.6 is 0 Å². The predicted octanol–water partition coefficient (Wildman–Crippen LogP) is 3.00. The Morgan fingerprint density at radius 2 is 1.94 bits per heavy atom. The number of amides is 3. The molecule has 2 aliphatic rings. The van der Waals surface area contributed by atoms with Gasteiger partial charge in [0, 0.05) is 43.8 Å². The fourth-order valence-corrected chi connectivity index (χ4v) is 4.13. The maximum absolute atomic E-state index is 15.2. The Morgan fingerprint density at radius 3 is 2.53 bits per heavy atom. The second-order valence-electron chi connectivity index (χ2n) is 8.18. The molecule has 182 valence electrons. The van der Waals surface area contributed by atoms with Crippen molar-refractivity contribution < 1.29 is 32.6 Å². The maximum Gasteiger partial charge on any atom is 0.329 e. The summed E-state index contributed by atoms with van der Waals surface area (Å²) in [5.74, 6) is -2.63. The summed E-state index contributed by atoms with van der Waals surface area (Å²) in [7, 11) is 2.50. The zero-order valence-corrected chi connectivity index (χ0v) is 19.2. The lowest BCUT2D eigenvalue weighted by Gasteiger charge is -2.38. The summed E-state index contributed by atoms with van der Waals surface area (Å²) in [5.41, 5.74) is 1.19. The monoisotopic (exact) mass is 476 g/mol. The lowest BCUT2D eigenvalue weighted by Crippen LogP contribution is -2.50. The zero-order chi connectivity index (χ0) is 24.4. The van der Waals surface area contributed by atoms with Crippen molar-refractivity contribution in [2.45, 2.75) is 26.4 Å². The van der Waals surface area contributed by atoms with Crippen molar-refractivity contribution in [2.75, 3.05) is 43.8 Å². The van der Waals surface area contributed by atoms with Crippen LogP contribution in [-0.4, -0.2) is 50.9 Å². The molecule has 34 heavy (non-hydrogen) atoms. The molecule has 3 amide bonds. The number of carbonyl (C=O) groups is 2. The van der Waals surface area contributed by atoms with Gasteiger partial charge in [-0.15, -0.1) is 0 Å². The van der Waals surface area contributed by atoms with E-state index in [2.05, 4.69) is 10.3 Å². The minimum Gasteiger partial charge on any atom is -0.493 e. The number of anilines is 2. The van der Waals surface area contributed by atoms with Crippen molar-refractivity contribution in [3.63, 3.8) is 0 Å². The van der Waals surface area contributed by atoms with Gasteiger partial charge < -0.3 is 19.5 Å². The minimum atomic E-state index is -1.00. The van der Waals surface area contributed by atoms with Crippen LogP contribution in [0.2, 0.25) is 0 Å². The van der Waals surface area contributed by atoms with Gasteiger partial charge in [0.25, 0.3) is 0 Å². The number of nitrogens with zero attached hydrogens (tertiary/aromatic N) is 3. The summed E-state index contributed by atoms with van der Waals surface area (Å²) in [6.07, 6.45) is 2.32. The Hall–Kier alpha value is -3.47. The van der Waals surface area contributed by atoms with Crippen molar-refractivity contribution in [3.05, 3.63) is 41.2 Å². The fourth-order valence-electron chi connectivity index (χ4n) is 4.13. The highest BCUT2D eigenvalue weighted by Crippen LogP contribution is 2.41. The van der Waals surface area contributed by atoms with E-state index in [9.17, 15) is 9.59 Å². The van der Waals surface area contributed by atoms with Gasteiger partial charge in [-0.1, -0.05) is 0 Å². The molecule has 0 radical (unpaired) electrons. The molecule has 1 N–H and O–H groups in total. The number of rotatable bonds is 7. The van der Waals surface area contributed by atoms with E-state index in [1.165, 1.54) is 26.0 Å². The summed E-state index contributed by atoms with van der Waals surface area (Å²) in [5, 5.41) is 2.68. The number of fused-ring (bicyclic) bond motifs is 1. The fraction of sp³-hybridized carbons (Fsp3) is 0.435. The van der Waals surface area contributed by atoms with Gasteiger partial charge in [0.1, 0.15) is 5.69 Å². The third-order valence-electron chi connectivity index (χ3n) is 5.90. The first-order valence-electron chi connectivity index (χ1n) is 10.8. The smallest absolute Gasteiger partial charge is 0.329 e. The largest absolute Gasteiger partial charge is 0.493 e. The molecule has 1 atom stereocenters.